The Bertz CT molecular complexity index is 763. The van der Waals surface area contributed by atoms with Gasteiger partial charge in [0.2, 0.25) is 0 Å². The van der Waals surface area contributed by atoms with Crippen LogP contribution in [0.25, 0.3) is 0 Å². The number of likely N-dealkylation sites (tertiary alicyclic amines) is 1. The number of carboxylic acids is 1. The lowest BCUT2D eigenvalue weighted by Gasteiger charge is -2.25. The molecule has 1 N–H and O–H groups in total. The topological polar surface area (TPSA) is 83.7 Å². The van der Waals surface area contributed by atoms with Crippen LogP contribution < -0.4 is 0 Å². The van der Waals surface area contributed by atoms with Gasteiger partial charge < -0.3 is 5.11 Å². The third kappa shape index (κ3) is 2.88. The van der Waals surface area contributed by atoms with E-state index in [9.17, 15) is 20.0 Å². The van der Waals surface area contributed by atoms with Gasteiger partial charge in [0.1, 0.15) is 5.41 Å². The molecular formula is C18H18N2O4. The Morgan fingerprint density at radius 3 is 2.50 bits per heavy atom. The third-order valence-electron chi connectivity index (χ3n) is 4.62. The van der Waals surface area contributed by atoms with E-state index < -0.39 is 16.3 Å². The summed E-state index contributed by atoms with van der Waals surface area (Å²) in [5.74, 6) is -1.01. The summed E-state index contributed by atoms with van der Waals surface area (Å²) in [4.78, 5) is 24.9. The van der Waals surface area contributed by atoms with Crippen molar-refractivity contribution >= 4 is 11.7 Å². The van der Waals surface area contributed by atoms with Crippen molar-refractivity contribution < 1.29 is 14.8 Å². The van der Waals surface area contributed by atoms with E-state index in [4.69, 9.17) is 0 Å². The number of rotatable bonds is 5. The Hall–Kier alpha value is -2.73. The number of nitro groups is 1. The van der Waals surface area contributed by atoms with Gasteiger partial charge in [0.25, 0.3) is 5.69 Å². The largest absolute Gasteiger partial charge is 0.481 e. The van der Waals surface area contributed by atoms with Crippen LogP contribution in [0.4, 0.5) is 5.69 Å². The molecule has 0 aliphatic carbocycles. The van der Waals surface area contributed by atoms with Crippen LogP contribution in [0.5, 0.6) is 0 Å². The van der Waals surface area contributed by atoms with Gasteiger partial charge >= 0.3 is 5.97 Å². The molecule has 24 heavy (non-hydrogen) atoms. The maximum atomic E-state index is 12.0. The van der Waals surface area contributed by atoms with Crippen molar-refractivity contribution in [3.8, 4) is 0 Å². The highest BCUT2D eigenvalue weighted by Crippen LogP contribution is 2.40. The fraction of sp³-hybridized carbons (Fsp3) is 0.278. The van der Waals surface area contributed by atoms with E-state index in [1.807, 2.05) is 35.2 Å². The van der Waals surface area contributed by atoms with Crippen LogP contribution in [0.1, 0.15) is 17.5 Å². The molecule has 2 aromatic carbocycles. The molecule has 2 aromatic rings. The zero-order valence-corrected chi connectivity index (χ0v) is 13.1. The first-order valence-corrected chi connectivity index (χ1v) is 7.76. The minimum atomic E-state index is -1.24. The standard InChI is InChI=1S/C18H18N2O4/c21-17(22)18(15-8-4-5-9-16(15)20(23)24)10-11-19(13-18)12-14-6-2-1-3-7-14/h1-9H,10-13H2,(H,21,22). The molecule has 1 aliphatic rings. The Kier molecular flexibility index (Phi) is 4.31. The molecule has 0 saturated carbocycles. The number of carboxylic acid groups (broad SMARTS) is 1. The number of hydrogen-bond donors (Lipinski definition) is 1. The molecule has 1 atom stereocenters. The van der Waals surface area contributed by atoms with Crippen LogP contribution in [0.2, 0.25) is 0 Å². The molecule has 6 nitrogen and oxygen atoms in total. The van der Waals surface area contributed by atoms with Gasteiger partial charge in [-0.3, -0.25) is 19.8 Å². The quantitative estimate of drug-likeness (QED) is 0.675. The predicted octanol–water partition coefficient (Wildman–Crippen LogP) is 2.82. The summed E-state index contributed by atoms with van der Waals surface area (Å²) >= 11 is 0. The molecular weight excluding hydrogens is 308 g/mol. The monoisotopic (exact) mass is 326 g/mol. The second-order valence-electron chi connectivity index (χ2n) is 6.11. The van der Waals surface area contributed by atoms with Crippen LogP contribution in [-0.4, -0.2) is 34.0 Å². The molecule has 1 aliphatic heterocycles. The summed E-state index contributed by atoms with van der Waals surface area (Å²) in [5.41, 5.74) is 0.0269. The predicted molar refractivity (Wildman–Crippen MR) is 88.7 cm³/mol. The van der Waals surface area contributed by atoms with E-state index in [0.717, 1.165) is 5.56 Å². The first-order valence-electron chi connectivity index (χ1n) is 7.76. The normalized spacial score (nSPS) is 20.8. The van der Waals surface area contributed by atoms with Crippen molar-refractivity contribution in [3.05, 3.63) is 75.8 Å². The zero-order chi connectivity index (χ0) is 17.2. The van der Waals surface area contributed by atoms with Crippen molar-refractivity contribution in [2.45, 2.75) is 18.4 Å². The molecule has 3 rings (SSSR count). The molecule has 0 spiro atoms. The third-order valence-corrected chi connectivity index (χ3v) is 4.62. The van der Waals surface area contributed by atoms with Gasteiger partial charge in [-0.05, 0) is 12.0 Å². The summed E-state index contributed by atoms with van der Waals surface area (Å²) in [6, 6.07) is 16.0. The van der Waals surface area contributed by atoms with Gasteiger partial charge in [-0.25, -0.2) is 0 Å². The molecule has 6 heteroatoms. The summed E-state index contributed by atoms with van der Waals surface area (Å²) < 4.78 is 0. The molecule has 1 fully saturated rings. The molecule has 1 unspecified atom stereocenters. The molecule has 0 aromatic heterocycles. The minimum absolute atomic E-state index is 0.124. The van der Waals surface area contributed by atoms with Gasteiger partial charge in [0.05, 0.1) is 4.92 Å². The molecule has 1 saturated heterocycles. The SMILES string of the molecule is O=C(O)C1(c2ccccc2[N+](=O)[O-])CCN(Cc2ccccc2)C1. The lowest BCUT2D eigenvalue weighted by Crippen LogP contribution is -2.39. The Labute approximate surface area is 139 Å². The maximum Gasteiger partial charge on any atom is 0.315 e. The van der Waals surface area contributed by atoms with E-state index in [2.05, 4.69) is 0 Å². The lowest BCUT2D eigenvalue weighted by atomic mass is 9.79. The molecule has 0 amide bonds. The van der Waals surface area contributed by atoms with Crippen LogP contribution in [-0.2, 0) is 16.8 Å². The maximum absolute atomic E-state index is 12.0. The van der Waals surface area contributed by atoms with Gasteiger partial charge in [-0.15, -0.1) is 0 Å². The average Bonchev–Trinajstić information content (AvgIpc) is 3.01. The second-order valence-corrected chi connectivity index (χ2v) is 6.11. The van der Waals surface area contributed by atoms with Crippen molar-refractivity contribution in [3.63, 3.8) is 0 Å². The lowest BCUT2D eigenvalue weighted by molar-refractivity contribution is -0.386. The number of aliphatic carboxylic acids is 1. The van der Waals surface area contributed by atoms with Gasteiger partial charge in [-0.1, -0.05) is 48.5 Å². The van der Waals surface area contributed by atoms with Crippen LogP contribution in [0, 0.1) is 10.1 Å². The smallest absolute Gasteiger partial charge is 0.315 e. The van der Waals surface area contributed by atoms with E-state index in [0.29, 0.717) is 19.5 Å². The second kappa shape index (κ2) is 6.41. The van der Waals surface area contributed by atoms with Crippen molar-refractivity contribution in [1.82, 2.24) is 4.90 Å². The number of hydrogen-bond acceptors (Lipinski definition) is 4. The Morgan fingerprint density at radius 2 is 1.83 bits per heavy atom. The van der Waals surface area contributed by atoms with Gasteiger partial charge in [0, 0.05) is 31.3 Å². The summed E-state index contributed by atoms with van der Waals surface area (Å²) in [6.07, 6.45) is 0.361. The first-order chi connectivity index (χ1) is 11.5. The van der Waals surface area contributed by atoms with E-state index in [1.54, 1.807) is 18.2 Å². The van der Waals surface area contributed by atoms with E-state index in [1.165, 1.54) is 6.07 Å². The molecule has 1 heterocycles. The summed E-state index contributed by atoms with van der Waals surface area (Å²) in [7, 11) is 0. The molecule has 124 valence electrons. The number of nitrogens with zero attached hydrogens (tertiary/aromatic N) is 2. The fourth-order valence-electron chi connectivity index (χ4n) is 3.41. The highest BCUT2D eigenvalue weighted by atomic mass is 16.6. The highest BCUT2D eigenvalue weighted by molar-refractivity contribution is 5.84. The van der Waals surface area contributed by atoms with Crippen LogP contribution in [0.3, 0.4) is 0 Å². The highest BCUT2D eigenvalue weighted by Gasteiger charge is 2.49. The van der Waals surface area contributed by atoms with E-state index >= 15 is 0 Å². The zero-order valence-electron chi connectivity index (χ0n) is 13.1. The summed E-state index contributed by atoms with van der Waals surface area (Å²) in [5, 5.41) is 21.2. The Balaban J connectivity index is 1.92. The fourth-order valence-corrected chi connectivity index (χ4v) is 3.41. The first kappa shape index (κ1) is 16.1. The molecule has 0 radical (unpaired) electrons. The number of para-hydroxylation sites is 1. The summed E-state index contributed by atoms with van der Waals surface area (Å²) in [6.45, 7) is 1.49. The minimum Gasteiger partial charge on any atom is -0.481 e. The molecule has 0 bridgehead atoms. The van der Waals surface area contributed by atoms with Gasteiger partial charge in [0.15, 0.2) is 0 Å². The van der Waals surface area contributed by atoms with E-state index in [-0.39, 0.29) is 17.8 Å². The van der Waals surface area contributed by atoms with Gasteiger partial charge in [-0.2, -0.15) is 0 Å². The Morgan fingerprint density at radius 1 is 1.17 bits per heavy atom. The number of carbonyl (C=O) groups is 1. The van der Waals surface area contributed by atoms with Crippen molar-refractivity contribution in [2.24, 2.45) is 0 Å². The van der Waals surface area contributed by atoms with Crippen molar-refractivity contribution in [1.29, 1.82) is 0 Å². The van der Waals surface area contributed by atoms with Crippen molar-refractivity contribution in [2.75, 3.05) is 13.1 Å². The average molecular weight is 326 g/mol. The number of benzene rings is 2. The van der Waals surface area contributed by atoms with Crippen LogP contribution >= 0.6 is 0 Å². The van der Waals surface area contributed by atoms with Crippen LogP contribution in [0.15, 0.2) is 54.6 Å². The number of nitro benzene ring substituents is 1.